The van der Waals surface area contributed by atoms with Gasteiger partial charge in [0.05, 0.1) is 4.91 Å². The van der Waals surface area contributed by atoms with Crippen molar-refractivity contribution in [2.24, 2.45) is 5.92 Å². The number of amides is 2. The van der Waals surface area contributed by atoms with Crippen molar-refractivity contribution in [1.29, 1.82) is 0 Å². The van der Waals surface area contributed by atoms with Crippen LogP contribution in [0.15, 0.2) is 29.2 Å². The van der Waals surface area contributed by atoms with Gasteiger partial charge in [0.25, 0.3) is 5.91 Å². The highest BCUT2D eigenvalue weighted by Gasteiger charge is 2.39. The van der Waals surface area contributed by atoms with Crippen LogP contribution in [0, 0.1) is 11.7 Å². The minimum absolute atomic E-state index is 0.00521. The summed E-state index contributed by atoms with van der Waals surface area (Å²) in [4.78, 5) is 28.2. The number of fused-ring (bicyclic) bond motifs is 1. The summed E-state index contributed by atoms with van der Waals surface area (Å²) in [5.41, 5.74) is 0.426. The zero-order chi connectivity index (χ0) is 20.9. The Morgan fingerprint density at radius 3 is 2.87 bits per heavy atom. The number of nitrogens with zero attached hydrogens (tertiary/aromatic N) is 1. The first kappa shape index (κ1) is 21.4. The molecule has 1 aliphatic carbocycles. The lowest BCUT2D eigenvalue weighted by Gasteiger charge is -2.39. The van der Waals surface area contributed by atoms with E-state index < -0.39 is 0 Å². The lowest BCUT2D eigenvalue weighted by atomic mass is 9.84. The molecule has 0 radical (unpaired) electrons. The van der Waals surface area contributed by atoms with E-state index in [9.17, 15) is 14.0 Å². The summed E-state index contributed by atoms with van der Waals surface area (Å²) in [6, 6.07) is 6.47. The van der Waals surface area contributed by atoms with Gasteiger partial charge < -0.3 is 15.5 Å². The fourth-order valence-corrected chi connectivity index (χ4v) is 5.91. The topological polar surface area (TPSA) is 61.4 Å². The molecule has 3 unspecified atom stereocenters. The molecule has 30 heavy (non-hydrogen) atoms. The number of thioether (sulfide) groups is 1. The van der Waals surface area contributed by atoms with Gasteiger partial charge in [-0.05, 0) is 70.3 Å². The Bertz CT molecular complexity index is 809. The molecule has 1 saturated carbocycles. The van der Waals surface area contributed by atoms with Gasteiger partial charge >= 0.3 is 0 Å². The van der Waals surface area contributed by atoms with E-state index in [-0.39, 0.29) is 34.8 Å². The summed E-state index contributed by atoms with van der Waals surface area (Å²) < 4.78 is 13.9. The van der Waals surface area contributed by atoms with Gasteiger partial charge in [-0.15, -0.1) is 11.8 Å². The van der Waals surface area contributed by atoms with E-state index in [1.807, 2.05) is 0 Å². The standard InChI is InChI=1S/C23H30FN3O2S/c24-18-7-2-1-6-16(18)15-21-23(29)26-19-14-17(8-9-20(19)30-21)22(28)25-10-5-13-27-11-3-4-12-27/h1-2,6-7,15,17,19-20H,3-5,8-14H2,(H,25,28)(H,26,29)/b21-15+. The van der Waals surface area contributed by atoms with Crippen LogP contribution in [-0.2, 0) is 9.59 Å². The van der Waals surface area contributed by atoms with Crippen LogP contribution < -0.4 is 10.6 Å². The number of hydrogen-bond donors (Lipinski definition) is 2. The second kappa shape index (κ2) is 9.96. The number of halogens is 1. The summed E-state index contributed by atoms with van der Waals surface area (Å²) in [6.45, 7) is 4.14. The van der Waals surface area contributed by atoms with Gasteiger partial charge in [-0.25, -0.2) is 4.39 Å². The van der Waals surface area contributed by atoms with Crippen LogP contribution in [0.5, 0.6) is 0 Å². The smallest absolute Gasteiger partial charge is 0.257 e. The lowest BCUT2D eigenvalue weighted by Crippen LogP contribution is -2.51. The van der Waals surface area contributed by atoms with Crippen molar-refractivity contribution in [3.05, 3.63) is 40.6 Å². The van der Waals surface area contributed by atoms with Gasteiger partial charge in [0.1, 0.15) is 5.82 Å². The second-order valence-electron chi connectivity index (χ2n) is 8.47. The van der Waals surface area contributed by atoms with Crippen molar-refractivity contribution in [3.63, 3.8) is 0 Å². The van der Waals surface area contributed by atoms with Crippen LogP contribution in [0.3, 0.4) is 0 Å². The van der Waals surface area contributed by atoms with Gasteiger partial charge in [0.2, 0.25) is 5.91 Å². The van der Waals surface area contributed by atoms with E-state index in [1.54, 1.807) is 24.3 Å². The average molecular weight is 432 g/mol. The Balaban J connectivity index is 1.26. The number of likely N-dealkylation sites (tertiary alicyclic amines) is 1. The molecule has 2 heterocycles. The number of hydrogen-bond acceptors (Lipinski definition) is 4. The van der Waals surface area contributed by atoms with E-state index in [2.05, 4.69) is 15.5 Å². The van der Waals surface area contributed by atoms with Gasteiger partial charge in [0, 0.05) is 29.3 Å². The van der Waals surface area contributed by atoms with Crippen LogP contribution in [0.25, 0.3) is 6.08 Å². The molecule has 2 aliphatic heterocycles. The van der Waals surface area contributed by atoms with Crippen LogP contribution >= 0.6 is 11.8 Å². The summed E-state index contributed by atoms with van der Waals surface area (Å²) >= 11 is 1.52. The summed E-state index contributed by atoms with van der Waals surface area (Å²) in [5.74, 6) is -0.431. The van der Waals surface area contributed by atoms with Gasteiger partial charge in [-0.3, -0.25) is 9.59 Å². The summed E-state index contributed by atoms with van der Waals surface area (Å²) in [6.07, 6.45) is 7.57. The molecule has 4 rings (SSSR count). The zero-order valence-electron chi connectivity index (χ0n) is 17.2. The first-order valence-electron chi connectivity index (χ1n) is 11.0. The summed E-state index contributed by atoms with van der Waals surface area (Å²) in [7, 11) is 0. The Morgan fingerprint density at radius 1 is 1.27 bits per heavy atom. The molecule has 0 spiro atoms. The van der Waals surface area contributed by atoms with E-state index >= 15 is 0 Å². The minimum atomic E-state index is -0.328. The maximum atomic E-state index is 13.9. The third kappa shape index (κ3) is 5.24. The SMILES string of the molecule is O=C1NC2CC(C(=O)NCCCN3CCCC3)CCC2S/C1=C/c1ccccc1F. The van der Waals surface area contributed by atoms with Crippen LogP contribution in [-0.4, -0.2) is 54.2 Å². The first-order chi connectivity index (χ1) is 14.6. The average Bonchev–Trinajstić information content (AvgIpc) is 3.26. The van der Waals surface area contributed by atoms with Gasteiger partial charge in [-0.1, -0.05) is 18.2 Å². The predicted octanol–water partition coefficient (Wildman–Crippen LogP) is 3.17. The van der Waals surface area contributed by atoms with E-state index in [1.165, 1.54) is 43.8 Å². The van der Waals surface area contributed by atoms with Crippen LogP contribution in [0.4, 0.5) is 4.39 Å². The zero-order valence-corrected chi connectivity index (χ0v) is 18.1. The number of carbonyl (C=O) groups is 2. The van der Waals surface area contributed by atoms with E-state index in [0.29, 0.717) is 16.9 Å². The van der Waals surface area contributed by atoms with Crippen molar-refractivity contribution in [1.82, 2.24) is 15.5 Å². The number of benzene rings is 1. The number of nitrogens with one attached hydrogen (secondary N) is 2. The molecule has 3 atom stereocenters. The van der Waals surface area contributed by atoms with Crippen LogP contribution in [0.1, 0.15) is 44.1 Å². The highest BCUT2D eigenvalue weighted by molar-refractivity contribution is 8.04. The largest absolute Gasteiger partial charge is 0.356 e. The third-order valence-electron chi connectivity index (χ3n) is 6.32. The normalized spacial score (nSPS) is 28.2. The van der Waals surface area contributed by atoms with Crippen molar-refractivity contribution in [2.45, 2.75) is 49.8 Å². The summed E-state index contributed by atoms with van der Waals surface area (Å²) in [5, 5.41) is 6.39. The molecule has 2 N–H and O–H groups in total. The molecule has 3 fully saturated rings. The van der Waals surface area contributed by atoms with E-state index in [0.717, 1.165) is 32.4 Å². The molecule has 1 aromatic rings. The highest BCUT2D eigenvalue weighted by atomic mass is 32.2. The quantitative estimate of drug-likeness (QED) is 0.537. The van der Waals surface area contributed by atoms with Crippen molar-refractivity contribution in [3.8, 4) is 0 Å². The van der Waals surface area contributed by atoms with Crippen molar-refractivity contribution >= 4 is 29.7 Å². The highest BCUT2D eigenvalue weighted by Crippen LogP contribution is 2.40. The Labute approximate surface area is 181 Å². The Morgan fingerprint density at radius 2 is 2.07 bits per heavy atom. The lowest BCUT2D eigenvalue weighted by molar-refractivity contribution is -0.127. The second-order valence-corrected chi connectivity index (χ2v) is 9.75. The number of carbonyl (C=O) groups excluding carboxylic acids is 2. The Hall–Kier alpha value is -1.86. The molecule has 2 saturated heterocycles. The molecule has 1 aromatic carbocycles. The first-order valence-corrected chi connectivity index (χ1v) is 11.9. The van der Waals surface area contributed by atoms with Crippen molar-refractivity contribution < 1.29 is 14.0 Å². The number of rotatable bonds is 6. The third-order valence-corrected chi connectivity index (χ3v) is 7.74. The molecule has 0 aromatic heterocycles. The van der Waals surface area contributed by atoms with Gasteiger partial charge in [-0.2, -0.15) is 0 Å². The maximum Gasteiger partial charge on any atom is 0.257 e. The predicted molar refractivity (Wildman–Crippen MR) is 118 cm³/mol. The van der Waals surface area contributed by atoms with Crippen molar-refractivity contribution in [2.75, 3.05) is 26.2 Å². The molecule has 2 amide bonds. The molecule has 0 bridgehead atoms. The molecular weight excluding hydrogens is 401 g/mol. The van der Waals surface area contributed by atoms with Crippen LogP contribution in [0.2, 0.25) is 0 Å². The molecule has 162 valence electrons. The fourth-order valence-electron chi connectivity index (χ4n) is 4.63. The molecular formula is C23H30FN3O2S. The molecule has 3 aliphatic rings. The Kier molecular flexibility index (Phi) is 7.10. The fraction of sp³-hybridized carbons (Fsp3) is 0.565. The maximum absolute atomic E-state index is 13.9. The molecule has 5 nitrogen and oxygen atoms in total. The minimum Gasteiger partial charge on any atom is -0.356 e. The van der Waals surface area contributed by atoms with E-state index in [4.69, 9.17) is 0 Å². The molecule has 7 heteroatoms. The monoisotopic (exact) mass is 431 g/mol. The van der Waals surface area contributed by atoms with Gasteiger partial charge in [0.15, 0.2) is 0 Å².